The Bertz CT molecular complexity index is 705. The number of nitrogens with zero attached hydrogens (tertiary/aromatic N) is 3. The third kappa shape index (κ3) is 3.82. The van der Waals surface area contributed by atoms with E-state index in [0.29, 0.717) is 5.88 Å². The number of hydrogen-bond acceptors (Lipinski definition) is 4. The molecule has 3 rings (SSSR count). The molecule has 0 aliphatic carbocycles. The number of aromatic nitrogens is 2. The maximum absolute atomic E-state index is 6.03. The number of rotatable bonds is 3. The predicted octanol–water partition coefficient (Wildman–Crippen LogP) is 3.89. The summed E-state index contributed by atoms with van der Waals surface area (Å²) in [4.78, 5) is 2.29. The van der Waals surface area contributed by atoms with Crippen LogP contribution < -0.4 is 4.74 Å². The first kappa shape index (κ1) is 16.2. The second-order valence-electron chi connectivity index (χ2n) is 6.32. The Hall–Kier alpha value is -1.65. The largest absolute Gasteiger partial charge is 0.472 e. The second kappa shape index (κ2) is 6.85. The molecule has 1 aromatic carbocycles. The molecule has 0 amide bonds. The maximum Gasteiger partial charge on any atom is 0.233 e. The first-order valence-corrected chi connectivity index (χ1v) is 8.37. The Balaban J connectivity index is 1.80. The van der Waals surface area contributed by atoms with Crippen LogP contribution >= 0.6 is 11.6 Å². The van der Waals surface area contributed by atoms with Crippen molar-refractivity contribution in [3.63, 3.8) is 0 Å². The fourth-order valence-electron chi connectivity index (χ4n) is 3.06. The molecule has 0 radical (unpaired) electrons. The van der Waals surface area contributed by atoms with Crippen LogP contribution in [-0.4, -0.2) is 41.3 Å². The van der Waals surface area contributed by atoms with Crippen molar-refractivity contribution in [2.24, 2.45) is 0 Å². The molecule has 1 aliphatic heterocycles. The SMILES string of the molecule is Cc1cc(Cl)ccc1-c1nnc(O[C@@H]2CCCN(C)C2)cc1C. The number of hydrogen-bond donors (Lipinski definition) is 0. The van der Waals surface area contributed by atoms with Gasteiger partial charge in [-0.1, -0.05) is 17.7 Å². The Labute approximate surface area is 142 Å². The van der Waals surface area contributed by atoms with Crippen LogP contribution in [0, 0.1) is 13.8 Å². The molecule has 1 aliphatic rings. The van der Waals surface area contributed by atoms with Crippen LogP contribution in [-0.2, 0) is 0 Å². The minimum Gasteiger partial charge on any atom is -0.472 e. The van der Waals surface area contributed by atoms with E-state index in [1.54, 1.807) is 0 Å². The van der Waals surface area contributed by atoms with Crippen LogP contribution in [0.5, 0.6) is 5.88 Å². The minimum absolute atomic E-state index is 0.200. The van der Waals surface area contributed by atoms with Crippen LogP contribution in [0.2, 0.25) is 5.02 Å². The molecule has 0 N–H and O–H groups in total. The van der Waals surface area contributed by atoms with Gasteiger partial charge in [-0.3, -0.25) is 0 Å². The zero-order valence-electron chi connectivity index (χ0n) is 13.8. The van der Waals surface area contributed by atoms with Crippen LogP contribution in [0.4, 0.5) is 0 Å². The summed E-state index contributed by atoms with van der Waals surface area (Å²) in [5, 5.41) is 9.40. The van der Waals surface area contributed by atoms with Gasteiger partial charge in [0.1, 0.15) is 6.10 Å². The lowest BCUT2D eigenvalue weighted by atomic mass is 10.0. The molecule has 0 spiro atoms. The van der Waals surface area contributed by atoms with Gasteiger partial charge in [-0.05, 0) is 63.5 Å². The average Bonchev–Trinajstić information content (AvgIpc) is 2.48. The summed E-state index contributed by atoms with van der Waals surface area (Å²) in [6.07, 6.45) is 2.43. The molecule has 1 atom stereocenters. The highest BCUT2D eigenvalue weighted by atomic mass is 35.5. The molecule has 2 aromatic rings. The van der Waals surface area contributed by atoms with Gasteiger partial charge in [0.15, 0.2) is 0 Å². The predicted molar refractivity (Wildman–Crippen MR) is 93.1 cm³/mol. The van der Waals surface area contributed by atoms with Crippen molar-refractivity contribution in [2.75, 3.05) is 20.1 Å². The molecule has 23 heavy (non-hydrogen) atoms. The van der Waals surface area contributed by atoms with Gasteiger partial charge >= 0.3 is 0 Å². The molecular formula is C18H22ClN3O. The third-order valence-electron chi connectivity index (χ3n) is 4.27. The molecule has 0 saturated carbocycles. The third-order valence-corrected chi connectivity index (χ3v) is 4.51. The lowest BCUT2D eigenvalue weighted by molar-refractivity contribution is 0.0990. The van der Waals surface area contributed by atoms with Crippen molar-refractivity contribution in [3.8, 4) is 17.1 Å². The normalized spacial score (nSPS) is 18.9. The number of benzene rings is 1. The summed E-state index contributed by atoms with van der Waals surface area (Å²) in [6, 6.07) is 7.80. The summed E-state index contributed by atoms with van der Waals surface area (Å²) < 4.78 is 6.01. The molecule has 4 nitrogen and oxygen atoms in total. The minimum atomic E-state index is 0.200. The van der Waals surface area contributed by atoms with E-state index in [4.69, 9.17) is 16.3 Å². The van der Waals surface area contributed by atoms with E-state index < -0.39 is 0 Å². The summed E-state index contributed by atoms with van der Waals surface area (Å²) in [5.41, 5.74) is 4.10. The lowest BCUT2D eigenvalue weighted by Gasteiger charge is -2.29. The first-order valence-electron chi connectivity index (χ1n) is 7.99. The van der Waals surface area contributed by atoms with Crippen LogP contribution in [0.25, 0.3) is 11.3 Å². The zero-order valence-corrected chi connectivity index (χ0v) is 14.6. The van der Waals surface area contributed by atoms with Gasteiger partial charge in [0.25, 0.3) is 0 Å². The number of halogens is 1. The van der Waals surface area contributed by atoms with Gasteiger partial charge in [-0.25, -0.2) is 0 Å². The quantitative estimate of drug-likeness (QED) is 0.855. The molecule has 0 unspecified atom stereocenters. The van der Waals surface area contributed by atoms with E-state index in [-0.39, 0.29) is 6.10 Å². The van der Waals surface area contributed by atoms with Gasteiger partial charge in [0, 0.05) is 23.2 Å². The van der Waals surface area contributed by atoms with Crippen molar-refractivity contribution < 1.29 is 4.74 Å². The average molecular weight is 332 g/mol. The van der Waals surface area contributed by atoms with E-state index >= 15 is 0 Å². The van der Waals surface area contributed by atoms with Gasteiger partial charge in [-0.2, -0.15) is 0 Å². The zero-order chi connectivity index (χ0) is 16.4. The number of likely N-dealkylation sites (N-methyl/N-ethyl adjacent to an activating group) is 1. The van der Waals surface area contributed by atoms with Gasteiger partial charge in [0.2, 0.25) is 5.88 Å². The second-order valence-corrected chi connectivity index (χ2v) is 6.75. The highest BCUT2D eigenvalue weighted by Gasteiger charge is 2.19. The summed E-state index contributed by atoms with van der Waals surface area (Å²) in [6.45, 7) is 6.15. The summed E-state index contributed by atoms with van der Waals surface area (Å²) in [5.74, 6) is 0.609. The van der Waals surface area contributed by atoms with Crippen molar-refractivity contribution in [1.82, 2.24) is 15.1 Å². The van der Waals surface area contributed by atoms with E-state index in [9.17, 15) is 0 Å². The Kier molecular flexibility index (Phi) is 4.83. The van der Waals surface area contributed by atoms with Crippen molar-refractivity contribution >= 4 is 11.6 Å². The van der Waals surface area contributed by atoms with E-state index in [2.05, 4.69) is 22.1 Å². The number of likely N-dealkylation sites (tertiary alicyclic amines) is 1. The molecule has 5 heteroatoms. The molecule has 0 bridgehead atoms. The Morgan fingerprint density at radius 3 is 2.70 bits per heavy atom. The molecule has 2 heterocycles. The summed E-state index contributed by atoms with van der Waals surface area (Å²) in [7, 11) is 2.12. The topological polar surface area (TPSA) is 38.3 Å². The number of ether oxygens (including phenoxy) is 1. The fourth-order valence-corrected chi connectivity index (χ4v) is 3.29. The Morgan fingerprint density at radius 2 is 2.00 bits per heavy atom. The molecular weight excluding hydrogens is 310 g/mol. The lowest BCUT2D eigenvalue weighted by Crippen LogP contribution is -2.38. The fraction of sp³-hybridized carbons (Fsp3) is 0.444. The summed E-state index contributed by atoms with van der Waals surface area (Å²) >= 11 is 6.03. The van der Waals surface area contributed by atoms with Gasteiger partial charge in [-0.15, -0.1) is 10.2 Å². The maximum atomic E-state index is 6.03. The van der Waals surface area contributed by atoms with Crippen LogP contribution in [0.1, 0.15) is 24.0 Å². The van der Waals surface area contributed by atoms with E-state index in [1.807, 2.05) is 38.1 Å². The molecule has 1 aromatic heterocycles. The van der Waals surface area contributed by atoms with Crippen molar-refractivity contribution in [2.45, 2.75) is 32.8 Å². The highest BCUT2D eigenvalue weighted by molar-refractivity contribution is 6.30. The van der Waals surface area contributed by atoms with Crippen molar-refractivity contribution in [3.05, 3.63) is 40.4 Å². The van der Waals surface area contributed by atoms with Gasteiger partial charge < -0.3 is 9.64 Å². The molecule has 1 saturated heterocycles. The standard InChI is InChI=1S/C18H22ClN3O/c1-12-9-14(19)6-7-16(12)18-13(2)10-17(20-21-18)23-15-5-4-8-22(3)11-15/h6-7,9-10,15H,4-5,8,11H2,1-3H3/t15-/m1/s1. The monoisotopic (exact) mass is 331 g/mol. The van der Waals surface area contributed by atoms with E-state index in [0.717, 1.165) is 53.3 Å². The van der Waals surface area contributed by atoms with Crippen LogP contribution in [0.3, 0.4) is 0 Å². The molecule has 1 fully saturated rings. The van der Waals surface area contributed by atoms with E-state index in [1.165, 1.54) is 0 Å². The molecule has 122 valence electrons. The van der Waals surface area contributed by atoms with Crippen LogP contribution in [0.15, 0.2) is 24.3 Å². The number of aryl methyl sites for hydroxylation is 2. The van der Waals surface area contributed by atoms with Crippen molar-refractivity contribution in [1.29, 1.82) is 0 Å². The highest BCUT2D eigenvalue weighted by Crippen LogP contribution is 2.28. The smallest absolute Gasteiger partial charge is 0.233 e. The Morgan fingerprint density at radius 1 is 1.17 bits per heavy atom. The number of piperidine rings is 1. The van der Waals surface area contributed by atoms with Gasteiger partial charge in [0.05, 0.1) is 5.69 Å². The first-order chi connectivity index (χ1) is 11.0.